The molecule has 0 aliphatic carbocycles. The van der Waals surface area contributed by atoms with Crippen molar-refractivity contribution in [1.29, 1.82) is 5.26 Å². The largest absolute Gasteiger partial charge is 0.395 e. The van der Waals surface area contributed by atoms with Crippen LogP contribution in [-0.4, -0.2) is 52.0 Å². The third kappa shape index (κ3) is 8.30. The average Bonchev–Trinajstić information content (AvgIpc) is 3.04. The zero-order chi connectivity index (χ0) is 32.3. The van der Waals surface area contributed by atoms with Crippen LogP contribution < -0.4 is 21.4 Å². The number of nitrogens with zero attached hydrogens (tertiary/aromatic N) is 4. The van der Waals surface area contributed by atoms with Crippen LogP contribution in [0.1, 0.15) is 38.3 Å². The predicted molar refractivity (Wildman–Crippen MR) is 176 cm³/mol. The Morgan fingerprint density at radius 2 is 1.73 bits per heavy atom. The number of aromatic nitrogens is 2. The highest BCUT2D eigenvalue weighted by Gasteiger charge is 2.16. The van der Waals surface area contributed by atoms with E-state index >= 15 is 0 Å². The van der Waals surface area contributed by atoms with Gasteiger partial charge in [-0.25, -0.2) is 4.99 Å². The van der Waals surface area contributed by atoms with Gasteiger partial charge in [-0.15, -0.1) is 0 Å². The van der Waals surface area contributed by atoms with Crippen molar-refractivity contribution in [3.8, 4) is 17.2 Å². The summed E-state index contributed by atoms with van der Waals surface area (Å²) in [5.41, 5.74) is 7.09. The number of carbonyl (C=O) groups is 1. The number of nitriles is 1. The molecule has 2 heterocycles. The van der Waals surface area contributed by atoms with E-state index in [2.05, 4.69) is 33.6 Å². The van der Waals surface area contributed by atoms with Crippen molar-refractivity contribution in [3.63, 3.8) is 0 Å². The summed E-state index contributed by atoms with van der Waals surface area (Å²) in [6.45, 7) is 8.23. The lowest BCUT2D eigenvalue weighted by atomic mass is 9.95. The molecule has 0 unspecified atom stereocenters. The van der Waals surface area contributed by atoms with E-state index in [4.69, 9.17) is 26.8 Å². The molecule has 5 N–H and O–H groups in total. The molecule has 0 aliphatic heterocycles. The first-order chi connectivity index (χ1) is 21.8. The number of carbonyl (C=O) groups excluding carboxylic acids is 1. The highest BCUT2D eigenvalue weighted by atomic mass is 35.5. The van der Waals surface area contributed by atoms with E-state index in [1.54, 1.807) is 29.0 Å². The van der Waals surface area contributed by atoms with Crippen LogP contribution in [0.25, 0.3) is 16.8 Å². The summed E-state index contributed by atoms with van der Waals surface area (Å²) < 4.78 is 1.79. The van der Waals surface area contributed by atoms with Gasteiger partial charge in [-0.05, 0) is 47.4 Å². The number of aryl methyl sites for hydroxylation is 1. The molecule has 0 atom stereocenters. The Bertz CT molecular complexity index is 1790. The van der Waals surface area contributed by atoms with Gasteiger partial charge < -0.3 is 30.7 Å². The number of rotatable bonds is 13. The van der Waals surface area contributed by atoms with Crippen LogP contribution in [0.3, 0.4) is 0 Å². The third-order valence-electron chi connectivity index (χ3n) is 7.10. The zero-order valence-corrected chi connectivity index (χ0v) is 26.0. The number of aliphatic hydroxyl groups is 2. The molecule has 0 fully saturated rings. The molecule has 45 heavy (non-hydrogen) atoms. The first-order valence-corrected chi connectivity index (χ1v) is 14.8. The Hall–Kier alpha value is -4.63. The fourth-order valence-electron chi connectivity index (χ4n) is 4.84. The minimum atomic E-state index is -0.391. The van der Waals surface area contributed by atoms with Gasteiger partial charge in [0.2, 0.25) is 0 Å². The van der Waals surface area contributed by atoms with E-state index in [-0.39, 0.29) is 18.9 Å². The van der Waals surface area contributed by atoms with Crippen LogP contribution in [0.2, 0.25) is 5.02 Å². The number of aliphatic hydroxyl groups excluding tert-OH is 2. The van der Waals surface area contributed by atoms with Crippen LogP contribution in [0.5, 0.6) is 0 Å². The third-order valence-corrected chi connectivity index (χ3v) is 7.51. The molecule has 1 amide bonds. The van der Waals surface area contributed by atoms with Gasteiger partial charge in [0, 0.05) is 56.7 Å². The Morgan fingerprint density at radius 1 is 1.04 bits per heavy atom. The lowest BCUT2D eigenvalue weighted by Crippen LogP contribution is -2.24. The quantitative estimate of drug-likeness (QED) is 0.142. The molecule has 0 aliphatic rings. The zero-order valence-electron chi connectivity index (χ0n) is 25.3. The first kappa shape index (κ1) is 33.3. The summed E-state index contributed by atoms with van der Waals surface area (Å²) >= 11 is 6.86. The first-order valence-electron chi connectivity index (χ1n) is 14.4. The van der Waals surface area contributed by atoms with Crippen LogP contribution in [0.4, 0.5) is 5.69 Å². The lowest BCUT2D eigenvalue weighted by Gasteiger charge is -2.15. The van der Waals surface area contributed by atoms with Crippen molar-refractivity contribution in [2.24, 2.45) is 12.0 Å². The van der Waals surface area contributed by atoms with E-state index in [1.807, 2.05) is 56.6 Å². The number of halogens is 1. The fraction of sp³-hybridized carbons (Fsp3) is 0.235. The van der Waals surface area contributed by atoms with Gasteiger partial charge in [0.25, 0.3) is 5.91 Å². The van der Waals surface area contributed by atoms with Gasteiger partial charge in [0.1, 0.15) is 11.8 Å². The van der Waals surface area contributed by atoms with Gasteiger partial charge in [-0.3, -0.25) is 9.78 Å². The Kier molecular flexibility index (Phi) is 11.8. The topological polar surface area (TPSA) is 148 Å². The van der Waals surface area contributed by atoms with Crippen molar-refractivity contribution in [2.75, 3.05) is 31.6 Å². The smallest absolute Gasteiger partial charge is 0.274 e. The Morgan fingerprint density at radius 3 is 2.40 bits per heavy atom. The highest BCUT2D eigenvalue weighted by molar-refractivity contribution is 6.36. The number of hydrogen-bond acceptors (Lipinski definition) is 8. The van der Waals surface area contributed by atoms with Crippen LogP contribution >= 0.6 is 11.6 Å². The van der Waals surface area contributed by atoms with E-state index < -0.39 is 5.91 Å². The number of hydrogen-bond donors (Lipinski definition) is 5. The number of amides is 1. The molecule has 2 aromatic carbocycles. The summed E-state index contributed by atoms with van der Waals surface area (Å²) in [6, 6.07) is 18.6. The SMILES string of the molecule is C=C(N=c1c(C#N)cc(CNCCO)cn1C)c1cccc(-c2cccc(NC(=O)c3ccc(CNCCO)cn3)c2Cl)c1C. The molecule has 232 valence electrons. The van der Waals surface area contributed by atoms with E-state index in [9.17, 15) is 10.1 Å². The Balaban J connectivity index is 1.59. The molecule has 11 heteroatoms. The van der Waals surface area contributed by atoms with Crippen molar-refractivity contribution < 1.29 is 15.0 Å². The van der Waals surface area contributed by atoms with Crippen LogP contribution in [0, 0.1) is 18.3 Å². The maximum absolute atomic E-state index is 13.0. The maximum atomic E-state index is 13.0. The van der Waals surface area contributed by atoms with Crippen molar-refractivity contribution in [3.05, 3.63) is 118 Å². The second kappa shape index (κ2) is 15.9. The normalized spacial score (nSPS) is 11.3. The molecule has 0 spiro atoms. The second-order valence-corrected chi connectivity index (χ2v) is 10.7. The van der Waals surface area contributed by atoms with E-state index in [0.29, 0.717) is 53.6 Å². The molecular weight excluding hydrogens is 590 g/mol. The minimum absolute atomic E-state index is 0.0327. The van der Waals surface area contributed by atoms with E-state index in [1.165, 1.54) is 0 Å². The van der Waals surface area contributed by atoms with E-state index in [0.717, 1.165) is 33.4 Å². The second-order valence-electron chi connectivity index (χ2n) is 10.3. The molecular formula is C34H36ClN7O3. The summed E-state index contributed by atoms with van der Waals surface area (Å²) in [7, 11) is 1.83. The molecule has 4 rings (SSSR count). The fourth-order valence-corrected chi connectivity index (χ4v) is 5.12. The highest BCUT2D eigenvalue weighted by Crippen LogP contribution is 2.37. The predicted octanol–water partition coefficient (Wildman–Crippen LogP) is 3.91. The summed E-state index contributed by atoms with van der Waals surface area (Å²) in [5, 5.41) is 37.2. The minimum Gasteiger partial charge on any atom is -0.395 e. The molecule has 2 aromatic heterocycles. The Labute approximate surface area is 267 Å². The molecule has 0 bridgehead atoms. The number of pyridine rings is 2. The molecule has 0 radical (unpaired) electrons. The van der Waals surface area contributed by atoms with Crippen molar-refractivity contribution >= 4 is 28.9 Å². The summed E-state index contributed by atoms with van der Waals surface area (Å²) in [5.74, 6) is -0.391. The monoisotopic (exact) mass is 625 g/mol. The number of nitrogens with one attached hydrogen (secondary N) is 3. The van der Waals surface area contributed by atoms with Crippen molar-refractivity contribution in [2.45, 2.75) is 20.0 Å². The van der Waals surface area contributed by atoms with Crippen LogP contribution in [0.15, 0.2) is 78.6 Å². The standard InChI is InChI=1S/C34H36ClN7O3/c1-22-27(23(2)40-33-26(17-36)16-25(21-42(33)3)19-38-13-15-44)6-4-7-28(22)29-8-5-9-30(32(29)35)41-34(45)31-11-10-24(20-39-31)18-37-12-14-43/h4-11,16,20-21,37-38,43-44H,2,12-15,18-19H2,1,3H3,(H,41,45). The average molecular weight is 626 g/mol. The van der Waals surface area contributed by atoms with Crippen molar-refractivity contribution in [1.82, 2.24) is 20.2 Å². The number of benzene rings is 2. The summed E-state index contributed by atoms with van der Waals surface area (Å²) in [4.78, 5) is 22.0. The summed E-state index contributed by atoms with van der Waals surface area (Å²) in [6.07, 6.45) is 3.51. The van der Waals surface area contributed by atoms with Gasteiger partial charge >= 0.3 is 0 Å². The van der Waals surface area contributed by atoms with Crippen LogP contribution in [-0.2, 0) is 20.1 Å². The molecule has 10 nitrogen and oxygen atoms in total. The number of anilines is 1. The molecule has 4 aromatic rings. The molecule has 0 saturated carbocycles. The van der Waals surface area contributed by atoms with Gasteiger partial charge in [0.05, 0.1) is 35.2 Å². The van der Waals surface area contributed by atoms with Gasteiger partial charge in [-0.1, -0.05) is 54.6 Å². The van der Waals surface area contributed by atoms with Gasteiger partial charge in [-0.2, -0.15) is 5.26 Å². The maximum Gasteiger partial charge on any atom is 0.274 e. The molecule has 0 saturated heterocycles. The van der Waals surface area contributed by atoms with Gasteiger partial charge in [0.15, 0.2) is 5.49 Å². The lowest BCUT2D eigenvalue weighted by molar-refractivity contribution is 0.102.